The summed E-state index contributed by atoms with van der Waals surface area (Å²) in [5.74, 6) is 0.273. The van der Waals surface area contributed by atoms with Gasteiger partial charge in [-0.3, -0.25) is 4.79 Å². The normalized spacial score (nSPS) is 13.9. The Morgan fingerprint density at radius 3 is 2.43 bits per heavy atom. The molecule has 2 atom stereocenters. The molecule has 0 bridgehead atoms. The second-order valence-corrected chi connectivity index (χ2v) is 9.18. The first-order valence-corrected chi connectivity index (χ1v) is 10.9. The number of rotatable bonds is 10. The third-order valence-electron chi connectivity index (χ3n) is 5.69. The first-order chi connectivity index (χ1) is 14.0. The molecule has 0 aromatic heterocycles. The Balaban J connectivity index is 2.18. The smallest absolute Gasteiger partial charge is 0.137 e. The zero-order valence-electron chi connectivity index (χ0n) is 18.4. The molecule has 2 aromatic carbocycles. The Labute approximate surface area is 185 Å². The van der Waals surface area contributed by atoms with Crippen LogP contribution in [0.3, 0.4) is 0 Å². The van der Waals surface area contributed by atoms with Crippen LogP contribution < -0.4 is 5.73 Å². The molecule has 2 rings (SSSR count). The maximum Gasteiger partial charge on any atom is 0.137 e. The number of hydrogen-bond acceptors (Lipinski definition) is 4. The summed E-state index contributed by atoms with van der Waals surface area (Å²) in [6.07, 6.45) is 1.95. The average molecular weight is 432 g/mol. The van der Waals surface area contributed by atoms with Crippen LogP contribution in [0.25, 0.3) is 0 Å². The molecule has 0 amide bonds. The molecule has 0 saturated carbocycles. The number of aryl methyl sites for hydroxylation is 1. The van der Waals surface area contributed by atoms with Gasteiger partial charge in [-0.2, -0.15) is 0 Å². The number of aliphatic hydroxyl groups excluding tert-OH is 1. The fraction of sp³-hybridized carbons (Fsp3) is 0.480. The molecule has 5 heteroatoms. The summed E-state index contributed by atoms with van der Waals surface area (Å²) in [4.78, 5) is 12.6. The van der Waals surface area contributed by atoms with E-state index in [-0.39, 0.29) is 18.3 Å². The lowest BCUT2D eigenvalue weighted by Crippen LogP contribution is -2.30. The van der Waals surface area contributed by atoms with Gasteiger partial charge in [0.25, 0.3) is 0 Å². The van der Waals surface area contributed by atoms with E-state index < -0.39 is 11.6 Å². The number of benzene rings is 2. The number of halogens is 1. The van der Waals surface area contributed by atoms with E-state index in [0.29, 0.717) is 30.7 Å². The topological polar surface area (TPSA) is 83.5 Å². The van der Waals surface area contributed by atoms with Crippen LogP contribution in [0.2, 0.25) is 5.02 Å². The van der Waals surface area contributed by atoms with Crippen molar-refractivity contribution in [2.45, 2.75) is 70.9 Å². The lowest BCUT2D eigenvalue weighted by atomic mass is 9.82. The number of carbonyl (C=O) groups is 1. The van der Waals surface area contributed by atoms with Crippen LogP contribution in [0.4, 0.5) is 0 Å². The van der Waals surface area contributed by atoms with Crippen molar-refractivity contribution < 1.29 is 15.0 Å². The predicted molar refractivity (Wildman–Crippen MR) is 123 cm³/mol. The summed E-state index contributed by atoms with van der Waals surface area (Å²) in [5, 5.41) is 20.7. The molecule has 0 saturated heterocycles. The van der Waals surface area contributed by atoms with Crippen molar-refractivity contribution in [1.82, 2.24) is 0 Å². The molecule has 0 aliphatic rings. The number of Topliss-reactive ketones (excluding diaryl/α,β-unsaturated/α-hetero) is 1. The van der Waals surface area contributed by atoms with E-state index >= 15 is 0 Å². The highest BCUT2D eigenvalue weighted by atomic mass is 35.5. The SMILES string of the molecule is Cc1cccc(Cl)c1CC(=O)CC[C@@H](C)c1cccc(C(C)(C)O)c1C[C@@H](N)CO. The molecule has 0 fully saturated rings. The van der Waals surface area contributed by atoms with Gasteiger partial charge in [0, 0.05) is 23.9 Å². The van der Waals surface area contributed by atoms with Gasteiger partial charge in [0.15, 0.2) is 0 Å². The minimum Gasteiger partial charge on any atom is -0.395 e. The van der Waals surface area contributed by atoms with Crippen molar-refractivity contribution in [3.8, 4) is 0 Å². The number of hydrogen-bond donors (Lipinski definition) is 3. The van der Waals surface area contributed by atoms with Gasteiger partial charge < -0.3 is 15.9 Å². The van der Waals surface area contributed by atoms with E-state index in [0.717, 1.165) is 27.8 Å². The maximum absolute atomic E-state index is 12.6. The van der Waals surface area contributed by atoms with Gasteiger partial charge >= 0.3 is 0 Å². The van der Waals surface area contributed by atoms with Crippen molar-refractivity contribution in [3.63, 3.8) is 0 Å². The number of ketones is 1. The first-order valence-electron chi connectivity index (χ1n) is 10.5. The van der Waals surface area contributed by atoms with Gasteiger partial charge in [-0.15, -0.1) is 0 Å². The van der Waals surface area contributed by atoms with E-state index in [2.05, 4.69) is 6.92 Å². The van der Waals surface area contributed by atoms with Crippen molar-refractivity contribution in [1.29, 1.82) is 0 Å². The Bertz CT molecular complexity index is 853. The van der Waals surface area contributed by atoms with Gasteiger partial charge in [0.2, 0.25) is 0 Å². The van der Waals surface area contributed by atoms with Gasteiger partial charge in [-0.05, 0) is 73.4 Å². The van der Waals surface area contributed by atoms with Crippen molar-refractivity contribution >= 4 is 17.4 Å². The highest BCUT2D eigenvalue weighted by Gasteiger charge is 2.25. The van der Waals surface area contributed by atoms with Crippen LogP contribution in [0.15, 0.2) is 36.4 Å². The summed E-state index contributed by atoms with van der Waals surface area (Å²) in [6.45, 7) is 7.44. The monoisotopic (exact) mass is 431 g/mol. The molecule has 0 aliphatic heterocycles. The molecule has 0 unspecified atom stereocenters. The van der Waals surface area contributed by atoms with Crippen LogP contribution in [-0.4, -0.2) is 28.6 Å². The third kappa shape index (κ3) is 6.39. The zero-order valence-corrected chi connectivity index (χ0v) is 19.2. The van der Waals surface area contributed by atoms with Gasteiger partial charge in [0.1, 0.15) is 5.78 Å². The summed E-state index contributed by atoms with van der Waals surface area (Å²) in [7, 11) is 0. The average Bonchev–Trinajstić information content (AvgIpc) is 2.68. The molecule has 0 aliphatic carbocycles. The van der Waals surface area contributed by atoms with Crippen LogP contribution >= 0.6 is 11.6 Å². The third-order valence-corrected chi connectivity index (χ3v) is 6.04. The Kier molecular flexibility index (Phi) is 8.62. The highest BCUT2D eigenvalue weighted by molar-refractivity contribution is 6.31. The summed E-state index contributed by atoms with van der Waals surface area (Å²) >= 11 is 6.27. The van der Waals surface area contributed by atoms with Gasteiger partial charge in [-0.1, -0.05) is 48.9 Å². The van der Waals surface area contributed by atoms with Crippen molar-refractivity contribution in [2.24, 2.45) is 5.73 Å². The van der Waals surface area contributed by atoms with Crippen molar-refractivity contribution in [2.75, 3.05) is 6.61 Å². The Hall–Kier alpha value is -1.72. The fourth-order valence-electron chi connectivity index (χ4n) is 3.90. The van der Waals surface area contributed by atoms with Crippen molar-refractivity contribution in [3.05, 3.63) is 69.2 Å². The number of aliphatic hydroxyl groups is 2. The van der Waals surface area contributed by atoms with E-state index in [1.165, 1.54) is 0 Å². The molecule has 4 nitrogen and oxygen atoms in total. The van der Waals surface area contributed by atoms with Crippen LogP contribution in [-0.2, 0) is 23.2 Å². The second kappa shape index (κ2) is 10.5. The van der Waals surface area contributed by atoms with Gasteiger partial charge in [0.05, 0.1) is 12.2 Å². The maximum atomic E-state index is 12.6. The molecule has 30 heavy (non-hydrogen) atoms. The minimum absolute atomic E-state index is 0.115. The lowest BCUT2D eigenvalue weighted by molar-refractivity contribution is -0.118. The molecular weight excluding hydrogens is 398 g/mol. The van der Waals surface area contributed by atoms with E-state index in [1.54, 1.807) is 13.8 Å². The first kappa shape index (κ1) is 24.5. The number of nitrogens with two attached hydrogens (primary N) is 1. The fourth-order valence-corrected chi connectivity index (χ4v) is 4.19. The predicted octanol–water partition coefficient (Wildman–Crippen LogP) is 4.43. The summed E-state index contributed by atoms with van der Waals surface area (Å²) in [5.41, 5.74) is 9.79. The molecule has 0 spiro atoms. The molecule has 0 heterocycles. The van der Waals surface area contributed by atoms with Crippen LogP contribution in [0, 0.1) is 6.92 Å². The Morgan fingerprint density at radius 1 is 1.17 bits per heavy atom. The van der Waals surface area contributed by atoms with E-state index in [4.69, 9.17) is 17.3 Å². The second-order valence-electron chi connectivity index (χ2n) is 8.77. The molecular formula is C25H34ClNO3. The quantitative estimate of drug-likeness (QED) is 0.519. The molecule has 2 aromatic rings. The number of carbonyl (C=O) groups excluding carboxylic acids is 1. The Morgan fingerprint density at radius 2 is 1.83 bits per heavy atom. The lowest BCUT2D eigenvalue weighted by Gasteiger charge is -2.27. The summed E-state index contributed by atoms with van der Waals surface area (Å²) < 4.78 is 0. The summed E-state index contributed by atoms with van der Waals surface area (Å²) in [6, 6.07) is 11.1. The highest BCUT2D eigenvalue weighted by Crippen LogP contribution is 2.33. The van der Waals surface area contributed by atoms with Crippen LogP contribution in [0.1, 0.15) is 67.3 Å². The van der Waals surface area contributed by atoms with Gasteiger partial charge in [-0.25, -0.2) is 0 Å². The molecule has 164 valence electrons. The zero-order chi connectivity index (χ0) is 22.5. The molecule has 4 N–H and O–H groups in total. The standard InChI is InChI=1S/C25H34ClNO3/c1-16-7-5-10-24(26)21(16)14-19(29)12-11-17(2)20-8-6-9-23(25(3,4)30)22(20)13-18(27)15-28/h5-10,17-18,28,30H,11-15,27H2,1-4H3/t17-,18-/m1/s1. The minimum atomic E-state index is -1.02. The largest absolute Gasteiger partial charge is 0.395 e. The molecule has 0 radical (unpaired) electrons. The van der Waals surface area contributed by atoms with E-state index in [1.807, 2.05) is 43.3 Å². The van der Waals surface area contributed by atoms with Crippen LogP contribution in [0.5, 0.6) is 0 Å². The van der Waals surface area contributed by atoms with E-state index in [9.17, 15) is 15.0 Å².